The molecule has 7 heteroatoms. The normalized spacial score (nSPS) is 10.2. The number of rotatable bonds is 7. The monoisotopic (exact) mass is 261 g/mol. The highest BCUT2D eigenvalue weighted by Crippen LogP contribution is 2.23. The lowest BCUT2D eigenvalue weighted by Crippen LogP contribution is -1.97. The Morgan fingerprint density at radius 2 is 2.00 bits per heavy atom. The van der Waals surface area contributed by atoms with Crippen molar-refractivity contribution in [2.75, 3.05) is 5.75 Å². The minimum Gasteiger partial charge on any atom is -0.481 e. The molecule has 16 heavy (non-hydrogen) atoms. The number of aromatic nitrogens is 1. The molecule has 1 aromatic rings. The lowest BCUT2D eigenvalue weighted by Gasteiger charge is -1.93. The van der Waals surface area contributed by atoms with Crippen molar-refractivity contribution in [1.82, 2.24) is 4.98 Å². The van der Waals surface area contributed by atoms with Gasteiger partial charge in [0.25, 0.3) is 0 Å². The zero-order valence-electron chi connectivity index (χ0n) is 8.38. The summed E-state index contributed by atoms with van der Waals surface area (Å²) in [5.41, 5.74) is 0.755. The summed E-state index contributed by atoms with van der Waals surface area (Å²) in [5.74, 6) is -1.18. The predicted octanol–water partition coefficient (Wildman–Crippen LogP) is 1.73. The summed E-state index contributed by atoms with van der Waals surface area (Å²) >= 11 is 2.80. The summed E-state index contributed by atoms with van der Waals surface area (Å²) in [6.45, 7) is 0. The quantitative estimate of drug-likeness (QED) is 0.727. The van der Waals surface area contributed by atoms with Crippen LogP contribution in [-0.2, 0) is 16.0 Å². The van der Waals surface area contributed by atoms with Crippen molar-refractivity contribution in [1.29, 1.82) is 0 Å². The number of carboxylic acids is 2. The van der Waals surface area contributed by atoms with Gasteiger partial charge >= 0.3 is 11.9 Å². The number of carboxylic acid groups (broad SMARTS) is 2. The van der Waals surface area contributed by atoms with E-state index < -0.39 is 11.9 Å². The molecule has 0 unspecified atom stereocenters. The summed E-state index contributed by atoms with van der Waals surface area (Å²) in [4.78, 5) is 24.8. The summed E-state index contributed by atoms with van der Waals surface area (Å²) in [6.07, 6.45) is 0.600. The van der Waals surface area contributed by atoms with Gasteiger partial charge in [0.2, 0.25) is 0 Å². The lowest BCUT2D eigenvalue weighted by molar-refractivity contribution is -0.137. The van der Waals surface area contributed by atoms with Crippen molar-refractivity contribution in [3.63, 3.8) is 0 Å². The Kier molecular flexibility index (Phi) is 5.27. The van der Waals surface area contributed by atoms with Gasteiger partial charge in [-0.1, -0.05) is 11.8 Å². The van der Waals surface area contributed by atoms with E-state index in [1.165, 1.54) is 23.1 Å². The van der Waals surface area contributed by atoms with Crippen LogP contribution in [0.15, 0.2) is 9.72 Å². The Bertz CT molecular complexity index is 377. The smallest absolute Gasteiger partial charge is 0.304 e. The SMILES string of the molecule is O=C(O)CCSc1nc(CCC(=O)O)cs1. The molecule has 0 saturated heterocycles. The van der Waals surface area contributed by atoms with Crippen molar-refractivity contribution in [3.8, 4) is 0 Å². The fourth-order valence-electron chi connectivity index (χ4n) is 0.930. The maximum absolute atomic E-state index is 10.3. The van der Waals surface area contributed by atoms with E-state index in [4.69, 9.17) is 10.2 Å². The largest absolute Gasteiger partial charge is 0.481 e. The summed E-state index contributed by atoms with van der Waals surface area (Å²) in [5, 5.41) is 18.7. The second-order valence-corrected chi connectivity index (χ2v) is 5.19. The van der Waals surface area contributed by atoms with E-state index >= 15 is 0 Å². The highest BCUT2D eigenvalue weighted by Gasteiger charge is 2.06. The third kappa shape index (κ3) is 5.13. The van der Waals surface area contributed by atoms with E-state index in [0.29, 0.717) is 12.2 Å². The van der Waals surface area contributed by atoms with Gasteiger partial charge in [0.1, 0.15) is 4.34 Å². The first-order valence-electron chi connectivity index (χ1n) is 4.58. The molecule has 0 radical (unpaired) electrons. The van der Waals surface area contributed by atoms with Crippen molar-refractivity contribution in [3.05, 3.63) is 11.1 Å². The molecule has 5 nitrogen and oxygen atoms in total. The van der Waals surface area contributed by atoms with Crippen molar-refractivity contribution in [2.45, 2.75) is 23.6 Å². The summed E-state index contributed by atoms with van der Waals surface area (Å²) in [6, 6.07) is 0. The fraction of sp³-hybridized carbons (Fsp3) is 0.444. The molecule has 88 valence electrons. The van der Waals surface area contributed by atoms with Gasteiger partial charge in [0.05, 0.1) is 18.5 Å². The number of hydrogen-bond donors (Lipinski definition) is 2. The van der Waals surface area contributed by atoms with Crippen LogP contribution < -0.4 is 0 Å². The molecule has 1 heterocycles. The van der Waals surface area contributed by atoms with Gasteiger partial charge in [-0.05, 0) is 0 Å². The van der Waals surface area contributed by atoms with Crippen molar-refractivity contribution >= 4 is 35.0 Å². The van der Waals surface area contributed by atoms with E-state index in [9.17, 15) is 9.59 Å². The first-order chi connectivity index (χ1) is 7.58. The molecular weight excluding hydrogens is 250 g/mol. The van der Waals surface area contributed by atoms with Gasteiger partial charge in [-0.2, -0.15) is 0 Å². The molecule has 1 aromatic heterocycles. The third-order valence-corrected chi connectivity index (χ3v) is 3.74. The van der Waals surface area contributed by atoms with E-state index in [1.54, 1.807) is 0 Å². The fourth-order valence-corrected chi connectivity index (χ4v) is 2.81. The number of aryl methyl sites for hydroxylation is 1. The maximum Gasteiger partial charge on any atom is 0.304 e. The van der Waals surface area contributed by atoms with Gasteiger partial charge in [-0.15, -0.1) is 11.3 Å². The molecule has 0 aliphatic carbocycles. The number of carbonyl (C=O) groups is 2. The zero-order valence-corrected chi connectivity index (χ0v) is 10.0. The number of hydrogen-bond acceptors (Lipinski definition) is 5. The number of thiazole rings is 1. The molecule has 0 saturated carbocycles. The second-order valence-electron chi connectivity index (χ2n) is 2.99. The molecule has 0 aromatic carbocycles. The van der Waals surface area contributed by atoms with Gasteiger partial charge in [0.15, 0.2) is 0 Å². The van der Waals surface area contributed by atoms with E-state index in [1.807, 2.05) is 5.38 Å². The Balaban J connectivity index is 2.33. The molecule has 2 N–H and O–H groups in total. The van der Waals surface area contributed by atoms with Crippen LogP contribution in [0.2, 0.25) is 0 Å². The third-order valence-electron chi connectivity index (χ3n) is 1.67. The van der Waals surface area contributed by atoms with Crippen molar-refractivity contribution < 1.29 is 19.8 Å². The Labute approximate surface area is 101 Å². The van der Waals surface area contributed by atoms with Crippen LogP contribution in [-0.4, -0.2) is 32.9 Å². The Hall–Kier alpha value is -1.08. The minimum atomic E-state index is -0.840. The van der Waals surface area contributed by atoms with Crippen LogP contribution in [0.4, 0.5) is 0 Å². The first kappa shape index (κ1) is 13.0. The molecule has 0 amide bonds. The molecule has 0 spiro atoms. The molecule has 0 bridgehead atoms. The standard InChI is InChI=1S/C9H11NO4S2/c11-7(12)2-1-6-5-16-9(10-6)15-4-3-8(13)14/h5H,1-4H2,(H,11,12)(H,13,14). The predicted molar refractivity (Wildman–Crippen MR) is 61.0 cm³/mol. The lowest BCUT2D eigenvalue weighted by atomic mass is 10.3. The average molecular weight is 261 g/mol. The molecular formula is C9H11NO4S2. The van der Waals surface area contributed by atoms with Crippen LogP contribution in [0.3, 0.4) is 0 Å². The number of thioether (sulfide) groups is 1. The number of nitrogens with zero attached hydrogens (tertiary/aromatic N) is 1. The van der Waals surface area contributed by atoms with Crippen LogP contribution in [0.1, 0.15) is 18.5 Å². The van der Waals surface area contributed by atoms with E-state index in [0.717, 1.165) is 10.0 Å². The zero-order chi connectivity index (χ0) is 12.0. The Morgan fingerprint density at radius 3 is 2.62 bits per heavy atom. The first-order valence-corrected chi connectivity index (χ1v) is 6.45. The maximum atomic E-state index is 10.3. The van der Waals surface area contributed by atoms with Crippen LogP contribution in [0.5, 0.6) is 0 Å². The molecule has 0 aliphatic rings. The Morgan fingerprint density at radius 1 is 1.31 bits per heavy atom. The van der Waals surface area contributed by atoms with Gasteiger partial charge in [0, 0.05) is 17.6 Å². The van der Waals surface area contributed by atoms with E-state index in [-0.39, 0.29) is 12.8 Å². The van der Waals surface area contributed by atoms with Crippen LogP contribution >= 0.6 is 23.1 Å². The highest BCUT2D eigenvalue weighted by atomic mass is 32.2. The van der Waals surface area contributed by atoms with E-state index in [2.05, 4.69) is 4.98 Å². The van der Waals surface area contributed by atoms with Gasteiger partial charge in [-0.3, -0.25) is 9.59 Å². The van der Waals surface area contributed by atoms with Gasteiger partial charge in [-0.25, -0.2) is 4.98 Å². The highest BCUT2D eigenvalue weighted by molar-refractivity contribution is 8.01. The van der Waals surface area contributed by atoms with Crippen LogP contribution in [0, 0.1) is 0 Å². The number of aliphatic carboxylic acids is 2. The molecule has 0 atom stereocenters. The molecule has 0 aliphatic heterocycles. The topological polar surface area (TPSA) is 87.5 Å². The summed E-state index contributed by atoms with van der Waals surface area (Å²) < 4.78 is 0.793. The molecule has 0 fully saturated rings. The molecule has 1 rings (SSSR count). The summed E-state index contributed by atoms with van der Waals surface area (Å²) in [7, 11) is 0. The van der Waals surface area contributed by atoms with Crippen molar-refractivity contribution in [2.24, 2.45) is 0 Å². The van der Waals surface area contributed by atoms with Gasteiger partial charge < -0.3 is 10.2 Å². The van der Waals surface area contributed by atoms with Crippen LogP contribution in [0.25, 0.3) is 0 Å². The minimum absolute atomic E-state index is 0.0724. The average Bonchev–Trinajstić information content (AvgIpc) is 2.62. The second kappa shape index (κ2) is 6.49.